The van der Waals surface area contributed by atoms with Gasteiger partial charge in [0.1, 0.15) is 5.82 Å². The molecule has 0 radical (unpaired) electrons. The molecule has 0 heterocycles. The van der Waals surface area contributed by atoms with E-state index < -0.39 is 0 Å². The summed E-state index contributed by atoms with van der Waals surface area (Å²) in [7, 11) is 1.90. The summed E-state index contributed by atoms with van der Waals surface area (Å²) in [6, 6.07) is 6.50. The minimum atomic E-state index is -0.213. The first-order chi connectivity index (χ1) is 6.53. The Balaban J connectivity index is 2.68. The zero-order chi connectivity index (χ0) is 10.6. The maximum atomic E-state index is 12.9. The van der Waals surface area contributed by atoms with E-state index in [4.69, 9.17) is 0 Å². The lowest BCUT2D eigenvalue weighted by molar-refractivity contribution is 0.530. The third-order valence-electron chi connectivity index (χ3n) is 1.93. The Morgan fingerprint density at radius 2 is 2.07 bits per heavy atom. The van der Waals surface area contributed by atoms with Crippen LogP contribution in [0.5, 0.6) is 0 Å². The van der Waals surface area contributed by atoms with Gasteiger partial charge in [0, 0.05) is 17.8 Å². The van der Waals surface area contributed by atoms with Gasteiger partial charge in [-0.1, -0.05) is 6.07 Å². The summed E-state index contributed by atoms with van der Waals surface area (Å²) in [6.45, 7) is 4.95. The van der Waals surface area contributed by atoms with E-state index >= 15 is 0 Å². The van der Waals surface area contributed by atoms with Crippen molar-refractivity contribution < 1.29 is 4.39 Å². The maximum absolute atomic E-state index is 12.9. The fraction of sp³-hybridized carbons (Fsp3) is 0.455. The third kappa shape index (κ3) is 3.34. The molecule has 0 amide bonds. The number of likely N-dealkylation sites (N-methyl/N-ethyl adjacent to an activating group) is 1. The first-order valence-electron chi connectivity index (χ1n) is 4.72. The Bertz CT molecular complexity index is 297. The molecule has 0 saturated carbocycles. The highest BCUT2D eigenvalue weighted by Gasteiger charge is 2.15. The van der Waals surface area contributed by atoms with Crippen LogP contribution in [0.1, 0.15) is 13.8 Å². The molecule has 1 rings (SSSR count). The zero-order valence-electron chi connectivity index (χ0n) is 8.89. The van der Waals surface area contributed by atoms with Gasteiger partial charge < -0.3 is 10.6 Å². The van der Waals surface area contributed by atoms with Gasteiger partial charge in [-0.25, -0.2) is 4.39 Å². The van der Waals surface area contributed by atoms with Crippen LogP contribution >= 0.6 is 0 Å². The summed E-state index contributed by atoms with van der Waals surface area (Å²) in [4.78, 5) is 0. The second kappa shape index (κ2) is 4.42. The average Bonchev–Trinajstić information content (AvgIpc) is 2.02. The Morgan fingerprint density at radius 3 is 2.64 bits per heavy atom. The van der Waals surface area contributed by atoms with Crippen molar-refractivity contribution in [2.45, 2.75) is 19.4 Å². The Hall–Kier alpha value is -1.09. The highest BCUT2D eigenvalue weighted by molar-refractivity contribution is 5.45. The first-order valence-corrected chi connectivity index (χ1v) is 4.72. The molecule has 2 nitrogen and oxygen atoms in total. The highest BCUT2D eigenvalue weighted by Crippen LogP contribution is 2.15. The molecule has 0 saturated heterocycles. The summed E-state index contributed by atoms with van der Waals surface area (Å²) >= 11 is 0. The number of halogens is 1. The third-order valence-corrected chi connectivity index (χ3v) is 1.93. The minimum absolute atomic E-state index is 0.0808. The van der Waals surface area contributed by atoms with Crippen molar-refractivity contribution in [2.75, 3.05) is 18.9 Å². The predicted octanol–water partition coefficient (Wildman–Crippen LogP) is 2.24. The molecule has 0 bridgehead atoms. The SMILES string of the molecule is CNCC(C)(C)Nc1cccc(F)c1. The van der Waals surface area contributed by atoms with Crippen molar-refractivity contribution in [3.05, 3.63) is 30.1 Å². The monoisotopic (exact) mass is 196 g/mol. The van der Waals surface area contributed by atoms with Crippen LogP contribution in [0.4, 0.5) is 10.1 Å². The summed E-state index contributed by atoms with van der Waals surface area (Å²) in [5.74, 6) is -0.213. The molecule has 0 spiro atoms. The van der Waals surface area contributed by atoms with Gasteiger partial charge in [0.2, 0.25) is 0 Å². The number of hydrogen-bond acceptors (Lipinski definition) is 2. The molecule has 0 aliphatic heterocycles. The standard InChI is InChI=1S/C11H17FN2/c1-11(2,8-13-3)14-10-6-4-5-9(12)7-10/h4-7,13-14H,8H2,1-3H3. The maximum Gasteiger partial charge on any atom is 0.125 e. The lowest BCUT2D eigenvalue weighted by Crippen LogP contribution is -2.40. The molecule has 0 aliphatic carbocycles. The normalized spacial score (nSPS) is 11.4. The Kier molecular flexibility index (Phi) is 3.47. The molecule has 0 atom stereocenters. The number of anilines is 1. The smallest absolute Gasteiger partial charge is 0.125 e. The molecular formula is C11H17FN2. The largest absolute Gasteiger partial charge is 0.379 e. The molecule has 0 fully saturated rings. The molecule has 0 aromatic heterocycles. The van der Waals surface area contributed by atoms with Crippen LogP contribution in [0.2, 0.25) is 0 Å². The van der Waals surface area contributed by atoms with Crippen LogP contribution < -0.4 is 10.6 Å². The van der Waals surface area contributed by atoms with Gasteiger partial charge in [-0.3, -0.25) is 0 Å². The molecule has 78 valence electrons. The molecule has 0 aliphatic rings. The number of benzene rings is 1. The second-order valence-electron chi connectivity index (χ2n) is 4.05. The van der Waals surface area contributed by atoms with Crippen LogP contribution in [-0.4, -0.2) is 19.1 Å². The Labute approximate surface area is 84.5 Å². The van der Waals surface area contributed by atoms with E-state index in [2.05, 4.69) is 24.5 Å². The average molecular weight is 196 g/mol. The lowest BCUT2D eigenvalue weighted by atomic mass is 10.1. The number of rotatable bonds is 4. The van der Waals surface area contributed by atoms with Crippen molar-refractivity contribution in [2.24, 2.45) is 0 Å². The summed E-state index contributed by atoms with van der Waals surface area (Å²) in [5.41, 5.74) is 0.730. The van der Waals surface area contributed by atoms with Crippen LogP contribution in [-0.2, 0) is 0 Å². The van der Waals surface area contributed by atoms with E-state index in [-0.39, 0.29) is 11.4 Å². The van der Waals surface area contributed by atoms with Crippen LogP contribution in [0, 0.1) is 5.82 Å². The summed E-state index contributed by atoms with van der Waals surface area (Å²) < 4.78 is 12.9. The van der Waals surface area contributed by atoms with Gasteiger partial charge in [-0.15, -0.1) is 0 Å². The van der Waals surface area contributed by atoms with Crippen molar-refractivity contribution in [3.63, 3.8) is 0 Å². The van der Waals surface area contributed by atoms with E-state index in [1.54, 1.807) is 6.07 Å². The minimum Gasteiger partial charge on any atom is -0.379 e. The van der Waals surface area contributed by atoms with Crippen molar-refractivity contribution >= 4 is 5.69 Å². The molecule has 0 unspecified atom stereocenters. The van der Waals surface area contributed by atoms with Gasteiger partial charge in [-0.05, 0) is 39.1 Å². The van der Waals surface area contributed by atoms with Gasteiger partial charge in [-0.2, -0.15) is 0 Å². The van der Waals surface area contributed by atoms with E-state index in [1.165, 1.54) is 12.1 Å². The molecule has 14 heavy (non-hydrogen) atoms. The zero-order valence-corrected chi connectivity index (χ0v) is 8.89. The molecule has 3 heteroatoms. The first kappa shape index (κ1) is 11.0. The van der Waals surface area contributed by atoms with Gasteiger partial charge >= 0.3 is 0 Å². The quantitative estimate of drug-likeness (QED) is 0.771. The van der Waals surface area contributed by atoms with Gasteiger partial charge in [0.25, 0.3) is 0 Å². The predicted molar refractivity (Wildman–Crippen MR) is 58.0 cm³/mol. The Morgan fingerprint density at radius 1 is 1.36 bits per heavy atom. The molecule has 1 aromatic carbocycles. The molecule has 1 aromatic rings. The van der Waals surface area contributed by atoms with Gasteiger partial charge in [0.15, 0.2) is 0 Å². The number of nitrogens with one attached hydrogen (secondary N) is 2. The van der Waals surface area contributed by atoms with Crippen LogP contribution in [0.3, 0.4) is 0 Å². The van der Waals surface area contributed by atoms with E-state index in [9.17, 15) is 4.39 Å². The van der Waals surface area contributed by atoms with E-state index in [0.717, 1.165) is 12.2 Å². The summed E-state index contributed by atoms with van der Waals surface area (Å²) in [6.07, 6.45) is 0. The second-order valence-corrected chi connectivity index (χ2v) is 4.05. The molecular weight excluding hydrogens is 179 g/mol. The van der Waals surface area contributed by atoms with Crippen molar-refractivity contribution in [3.8, 4) is 0 Å². The van der Waals surface area contributed by atoms with Gasteiger partial charge in [0.05, 0.1) is 0 Å². The topological polar surface area (TPSA) is 24.1 Å². The van der Waals surface area contributed by atoms with Crippen molar-refractivity contribution in [1.82, 2.24) is 5.32 Å². The van der Waals surface area contributed by atoms with E-state index in [0.29, 0.717) is 0 Å². The van der Waals surface area contributed by atoms with Crippen LogP contribution in [0.15, 0.2) is 24.3 Å². The van der Waals surface area contributed by atoms with Crippen LogP contribution in [0.25, 0.3) is 0 Å². The lowest BCUT2D eigenvalue weighted by Gasteiger charge is -2.27. The molecule has 2 N–H and O–H groups in total. The van der Waals surface area contributed by atoms with E-state index in [1.807, 2.05) is 13.1 Å². The fourth-order valence-electron chi connectivity index (χ4n) is 1.44. The summed E-state index contributed by atoms with van der Waals surface area (Å²) in [5, 5.41) is 6.34. The fourth-order valence-corrected chi connectivity index (χ4v) is 1.44. The van der Waals surface area contributed by atoms with Crippen molar-refractivity contribution in [1.29, 1.82) is 0 Å². The highest BCUT2D eigenvalue weighted by atomic mass is 19.1. The number of hydrogen-bond donors (Lipinski definition) is 2.